The Morgan fingerprint density at radius 2 is 1.20 bits per heavy atom. The standard InChI is InChI=1S/C16H18Br2N2/c17-7-1-3-13-5-9-19-15(11-13)16-12-14(4-2-8-18)6-10-20-16/h5-6,9-12H,1-4,7-8H2. The molecule has 0 saturated carbocycles. The van der Waals surface area contributed by atoms with Crippen LogP contribution in [0.25, 0.3) is 11.4 Å². The third-order valence-corrected chi connectivity index (χ3v) is 4.23. The Morgan fingerprint density at radius 3 is 1.60 bits per heavy atom. The molecule has 106 valence electrons. The van der Waals surface area contributed by atoms with Crippen LogP contribution < -0.4 is 0 Å². The second-order valence-corrected chi connectivity index (χ2v) is 6.27. The highest BCUT2D eigenvalue weighted by Crippen LogP contribution is 2.18. The van der Waals surface area contributed by atoms with Crippen LogP contribution in [-0.4, -0.2) is 20.6 Å². The zero-order valence-electron chi connectivity index (χ0n) is 11.4. The van der Waals surface area contributed by atoms with Gasteiger partial charge in [0.05, 0.1) is 11.4 Å². The maximum Gasteiger partial charge on any atom is 0.0888 e. The molecule has 2 aromatic rings. The molecule has 0 aliphatic rings. The minimum Gasteiger partial charge on any atom is -0.255 e. The van der Waals surface area contributed by atoms with E-state index in [1.165, 1.54) is 11.1 Å². The van der Waals surface area contributed by atoms with Crippen molar-refractivity contribution in [2.75, 3.05) is 10.7 Å². The Bertz CT molecular complexity index is 494. The molecule has 20 heavy (non-hydrogen) atoms. The lowest BCUT2D eigenvalue weighted by Crippen LogP contribution is -1.94. The molecule has 2 rings (SSSR count). The first-order chi connectivity index (χ1) is 9.83. The van der Waals surface area contributed by atoms with Gasteiger partial charge in [-0.2, -0.15) is 0 Å². The molecule has 0 bridgehead atoms. The third-order valence-electron chi connectivity index (χ3n) is 3.11. The fraction of sp³-hybridized carbons (Fsp3) is 0.375. The van der Waals surface area contributed by atoms with Gasteiger partial charge in [-0.1, -0.05) is 31.9 Å². The summed E-state index contributed by atoms with van der Waals surface area (Å²) in [5.74, 6) is 0. The zero-order valence-corrected chi connectivity index (χ0v) is 14.5. The average molecular weight is 398 g/mol. The Morgan fingerprint density at radius 1 is 0.750 bits per heavy atom. The average Bonchev–Trinajstić information content (AvgIpc) is 2.51. The van der Waals surface area contributed by atoms with Crippen molar-refractivity contribution >= 4 is 31.9 Å². The number of alkyl halides is 2. The first kappa shape index (κ1) is 15.6. The predicted octanol–water partition coefficient (Wildman–Crippen LogP) is 4.80. The van der Waals surface area contributed by atoms with Crippen LogP contribution in [0.15, 0.2) is 36.7 Å². The lowest BCUT2D eigenvalue weighted by Gasteiger charge is -2.05. The highest BCUT2D eigenvalue weighted by atomic mass is 79.9. The minimum absolute atomic E-state index is 0.970. The van der Waals surface area contributed by atoms with E-state index < -0.39 is 0 Å². The Kier molecular flexibility index (Phi) is 6.67. The van der Waals surface area contributed by atoms with E-state index in [4.69, 9.17) is 0 Å². The van der Waals surface area contributed by atoms with Gasteiger partial charge in [0.2, 0.25) is 0 Å². The topological polar surface area (TPSA) is 25.8 Å². The molecular weight excluding hydrogens is 380 g/mol. The van der Waals surface area contributed by atoms with Crippen molar-refractivity contribution < 1.29 is 0 Å². The van der Waals surface area contributed by atoms with Crippen LogP contribution in [0.1, 0.15) is 24.0 Å². The summed E-state index contributed by atoms with van der Waals surface area (Å²) in [5, 5.41) is 2.07. The summed E-state index contributed by atoms with van der Waals surface area (Å²) >= 11 is 6.94. The van der Waals surface area contributed by atoms with E-state index in [0.717, 1.165) is 47.7 Å². The van der Waals surface area contributed by atoms with Gasteiger partial charge in [-0.3, -0.25) is 9.97 Å². The smallest absolute Gasteiger partial charge is 0.0888 e. The zero-order chi connectivity index (χ0) is 14.2. The van der Waals surface area contributed by atoms with Gasteiger partial charge in [0.25, 0.3) is 0 Å². The minimum atomic E-state index is 0.970. The highest BCUT2D eigenvalue weighted by Gasteiger charge is 2.04. The number of rotatable bonds is 7. The third kappa shape index (κ3) is 4.67. The van der Waals surface area contributed by atoms with E-state index in [-0.39, 0.29) is 0 Å². The lowest BCUT2D eigenvalue weighted by atomic mass is 10.1. The molecule has 0 aliphatic carbocycles. The molecule has 2 nitrogen and oxygen atoms in total. The number of aromatic nitrogens is 2. The number of hydrogen-bond donors (Lipinski definition) is 0. The van der Waals surface area contributed by atoms with E-state index in [0.29, 0.717) is 0 Å². The van der Waals surface area contributed by atoms with Crippen LogP contribution in [-0.2, 0) is 12.8 Å². The first-order valence-corrected chi connectivity index (χ1v) is 9.10. The van der Waals surface area contributed by atoms with E-state index in [1.807, 2.05) is 12.4 Å². The second-order valence-electron chi connectivity index (χ2n) is 4.68. The van der Waals surface area contributed by atoms with Crippen molar-refractivity contribution in [1.82, 2.24) is 9.97 Å². The number of halogens is 2. The molecule has 0 N–H and O–H groups in total. The van der Waals surface area contributed by atoms with Crippen molar-refractivity contribution in [1.29, 1.82) is 0 Å². The maximum absolute atomic E-state index is 4.46. The maximum atomic E-state index is 4.46. The second kappa shape index (κ2) is 8.53. The summed E-state index contributed by atoms with van der Waals surface area (Å²) in [7, 11) is 0. The molecule has 0 aromatic carbocycles. The van der Waals surface area contributed by atoms with Crippen molar-refractivity contribution in [2.24, 2.45) is 0 Å². The molecule has 2 heterocycles. The number of pyridine rings is 2. The molecule has 0 amide bonds. The fourth-order valence-electron chi connectivity index (χ4n) is 2.08. The van der Waals surface area contributed by atoms with Crippen molar-refractivity contribution in [3.8, 4) is 11.4 Å². The van der Waals surface area contributed by atoms with E-state index >= 15 is 0 Å². The van der Waals surface area contributed by atoms with Crippen molar-refractivity contribution in [2.45, 2.75) is 25.7 Å². The Balaban J connectivity index is 2.17. The van der Waals surface area contributed by atoms with Gasteiger partial charge < -0.3 is 0 Å². The predicted molar refractivity (Wildman–Crippen MR) is 91.7 cm³/mol. The van der Waals surface area contributed by atoms with Gasteiger partial charge in [0.1, 0.15) is 0 Å². The fourth-order valence-corrected chi connectivity index (χ4v) is 2.64. The molecule has 4 heteroatoms. The van der Waals surface area contributed by atoms with Gasteiger partial charge in [-0.05, 0) is 61.1 Å². The van der Waals surface area contributed by atoms with Crippen LogP contribution in [0.2, 0.25) is 0 Å². The number of hydrogen-bond acceptors (Lipinski definition) is 2. The number of aryl methyl sites for hydroxylation is 2. The van der Waals surface area contributed by atoms with Gasteiger partial charge in [0.15, 0.2) is 0 Å². The Hall–Kier alpha value is -0.740. The molecule has 0 spiro atoms. The monoisotopic (exact) mass is 396 g/mol. The van der Waals surface area contributed by atoms with Gasteiger partial charge in [-0.15, -0.1) is 0 Å². The SMILES string of the molecule is BrCCCc1ccnc(-c2cc(CCCBr)ccn2)c1. The van der Waals surface area contributed by atoms with Crippen LogP contribution in [0, 0.1) is 0 Å². The molecule has 0 fully saturated rings. The lowest BCUT2D eigenvalue weighted by molar-refractivity contribution is 0.931. The van der Waals surface area contributed by atoms with Crippen LogP contribution in [0.4, 0.5) is 0 Å². The molecule has 2 aromatic heterocycles. The molecule has 0 radical (unpaired) electrons. The summed E-state index contributed by atoms with van der Waals surface area (Å²) in [4.78, 5) is 8.91. The normalized spacial score (nSPS) is 10.7. The summed E-state index contributed by atoms with van der Waals surface area (Å²) in [5.41, 5.74) is 4.58. The van der Waals surface area contributed by atoms with Gasteiger partial charge >= 0.3 is 0 Å². The molecular formula is C16H18Br2N2. The van der Waals surface area contributed by atoms with Gasteiger partial charge in [-0.25, -0.2) is 0 Å². The van der Waals surface area contributed by atoms with Gasteiger partial charge in [0, 0.05) is 23.1 Å². The Labute approximate surface area is 137 Å². The van der Waals surface area contributed by atoms with E-state index in [9.17, 15) is 0 Å². The first-order valence-electron chi connectivity index (χ1n) is 6.85. The van der Waals surface area contributed by atoms with Crippen molar-refractivity contribution in [3.05, 3.63) is 47.8 Å². The summed E-state index contributed by atoms with van der Waals surface area (Å²) in [6, 6.07) is 8.47. The van der Waals surface area contributed by atoms with Crippen molar-refractivity contribution in [3.63, 3.8) is 0 Å². The summed E-state index contributed by atoms with van der Waals surface area (Å²) in [6.07, 6.45) is 8.19. The number of nitrogens with zero attached hydrogens (tertiary/aromatic N) is 2. The van der Waals surface area contributed by atoms with Crippen LogP contribution in [0.3, 0.4) is 0 Å². The van der Waals surface area contributed by atoms with Crippen LogP contribution >= 0.6 is 31.9 Å². The molecule has 0 unspecified atom stereocenters. The van der Waals surface area contributed by atoms with E-state index in [1.54, 1.807) is 0 Å². The highest BCUT2D eigenvalue weighted by molar-refractivity contribution is 9.09. The molecule has 0 saturated heterocycles. The molecule has 0 aliphatic heterocycles. The van der Waals surface area contributed by atoms with Crippen LogP contribution in [0.5, 0.6) is 0 Å². The van der Waals surface area contributed by atoms with E-state index in [2.05, 4.69) is 66.1 Å². The summed E-state index contributed by atoms with van der Waals surface area (Å²) in [6.45, 7) is 0. The summed E-state index contributed by atoms with van der Waals surface area (Å²) < 4.78 is 0. The molecule has 0 atom stereocenters. The quantitative estimate of drug-likeness (QED) is 0.627. The largest absolute Gasteiger partial charge is 0.255 e.